The third kappa shape index (κ3) is 4.80. The van der Waals surface area contributed by atoms with Gasteiger partial charge in [-0.25, -0.2) is 13.1 Å². The maximum atomic E-state index is 12.4. The van der Waals surface area contributed by atoms with Gasteiger partial charge >= 0.3 is 0 Å². The Morgan fingerprint density at radius 1 is 1.23 bits per heavy atom. The summed E-state index contributed by atoms with van der Waals surface area (Å²) in [7, 11) is -3.38. The molecule has 2 N–H and O–H groups in total. The molecular weight excluding hydrogens is 296 g/mol. The van der Waals surface area contributed by atoms with Crippen molar-refractivity contribution in [2.45, 2.75) is 44.9 Å². The van der Waals surface area contributed by atoms with Crippen molar-refractivity contribution in [2.75, 3.05) is 26.2 Å². The molecule has 0 atom stereocenters. The van der Waals surface area contributed by atoms with E-state index in [2.05, 4.69) is 11.6 Å². The first-order valence-corrected chi connectivity index (χ1v) is 9.77. The van der Waals surface area contributed by atoms with Crippen LogP contribution in [0.25, 0.3) is 0 Å². The number of likely N-dealkylation sites (tertiary alicyclic amines) is 1. The molecule has 22 heavy (non-hydrogen) atoms. The SMILES string of the molecule is Cc1ccc(C)c(S(=O)(=O)NCCC[NH+]2CCC(C)CC2)c1. The molecule has 1 aliphatic heterocycles. The number of hydrogen-bond donors (Lipinski definition) is 2. The Kier molecular flexibility index (Phi) is 6.01. The fraction of sp³-hybridized carbons (Fsp3) is 0.647. The van der Waals surface area contributed by atoms with Crippen LogP contribution in [-0.4, -0.2) is 34.6 Å². The fourth-order valence-electron chi connectivity index (χ4n) is 3.04. The summed E-state index contributed by atoms with van der Waals surface area (Å²) in [5, 5.41) is 0. The first-order chi connectivity index (χ1) is 10.4. The van der Waals surface area contributed by atoms with Crippen molar-refractivity contribution in [1.82, 2.24) is 4.72 Å². The molecule has 2 rings (SSSR count). The highest BCUT2D eigenvalue weighted by Crippen LogP contribution is 2.16. The second-order valence-electron chi connectivity index (χ2n) is 6.70. The fourth-order valence-corrected chi connectivity index (χ4v) is 4.44. The smallest absolute Gasteiger partial charge is 0.240 e. The second-order valence-corrected chi connectivity index (χ2v) is 8.44. The molecule has 124 valence electrons. The van der Waals surface area contributed by atoms with E-state index >= 15 is 0 Å². The van der Waals surface area contributed by atoms with Crippen LogP contribution < -0.4 is 9.62 Å². The van der Waals surface area contributed by atoms with Gasteiger partial charge in [0.2, 0.25) is 10.0 Å². The van der Waals surface area contributed by atoms with Crippen LogP contribution in [0.2, 0.25) is 0 Å². The lowest BCUT2D eigenvalue weighted by molar-refractivity contribution is -0.906. The molecule has 1 aliphatic rings. The highest BCUT2D eigenvalue weighted by atomic mass is 32.2. The van der Waals surface area contributed by atoms with Gasteiger partial charge in [-0.1, -0.05) is 19.1 Å². The topological polar surface area (TPSA) is 50.6 Å². The lowest BCUT2D eigenvalue weighted by atomic mass is 9.99. The van der Waals surface area contributed by atoms with E-state index in [9.17, 15) is 8.42 Å². The normalized spacial score (nSPS) is 22.7. The van der Waals surface area contributed by atoms with Gasteiger partial charge in [0.15, 0.2) is 0 Å². The monoisotopic (exact) mass is 325 g/mol. The largest absolute Gasteiger partial charge is 0.335 e. The van der Waals surface area contributed by atoms with E-state index in [0.29, 0.717) is 11.4 Å². The van der Waals surface area contributed by atoms with Gasteiger partial charge in [0.25, 0.3) is 0 Å². The Hall–Kier alpha value is -0.910. The first-order valence-electron chi connectivity index (χ1n) is 8.29. The first kappa shape index (κ1) is 17.4. The number of quaternary nitrogens is 1. The van der Waals surface area contributed by atoms with Crippen molar-refractivity contribution in [3.63, 3.8) is 0 Å². The summed E-state index contributed by atoms with van der Waals surface area (Å²) in [6, 6.07) is 5.55. The molecule has 1 saturated heterocycles. The maximum absolute atomic E-state index is 12.4. The molecule has 0 bridgehead atoms. The highest BCUT2D eigenvalue weighted by Gasteiger charge is 2.19. The van der Waals surface area contributed by atoms with Crippen LogP contribution in [0.4, 0.5) is 0 Å². The summed E-state index contributed by atoms with van der Waals surface area (Å²) in [5.41, 5.74) is 1.77. The van der Waals surface area contributed by atoms with Gasteiger partial charge in [-0.3, -0.25) is 0 Å². The van der Waals surface area contributed by atoms with Crippen LogP contribution in [-0.2, 0) is 10.0 Å². The zero-order valence-corrected chi connectivity index (χ0v) is 14.8. The molecular formula is C17H29N2O2S+. The minimum atomic E-state index is -3.38. The molecule has 0 amide bonds. The Balaban J connectivity index is 1.82. The van der Waals surface area contributed by atoms with E-state index < -0.39 is 10.0 Å². The molecule has 1 fully saturated rings. The van der Waals surface area contributed by atoms with Crippen LogP contribution in [0, 0.1) is 19.8 Å². The minimum absolute atomic E-state index is 0.409. The Morgan fingerprint density at radius 3 is 2.59 bits per heavy atom. The van der Waals surface area contributed by atoms with Gasteiger partial charge in [-0.15, -0.1) is 0 Å². The molecule has 4 nitrogen and oxygen atoms in total. The van der Waals surface area contributed by atoms with Crippen LogP contribution in [0.5, 0.6) is 0 Å². The molecule has 0 unspecified atom stereocenters. The van der Waals surface area contributed by atoms with Gasteiger partial charge in [0.1, 0.15) is 0 Å². The zero-order chi connectivity index (χ0) is 16.2. The van der Waals surface area contributed by atoms with Crippen molar-refractivity contribution in [2.24, 2.45) is 5.92 Å². The molecule has 0 aromatic heterocycles. The summed E-state index contributed by atoms with van der Waals surface area (Å²) >= 11 is 0. The Bertz CT molecular complexity index is 591. The van der Waals surface area contributed by atoms with E-state index in [0.717, 1.165) is 30.0 Å². The predicted octanol–water partition coefficient (Wildman–Crippen LogP) is 1.29. The molecule has 1 heterocycles. The van der Waals surface area contributed by atoms with Crippen molar-refractivity contribution in [3.05, 3.63) is 29.3 Å². The number of sulfonamides is 1. The minimum Gasteiger partial charge on any atom is -0.335 e. The maximum Gasteiger partial charge on any atom is 0.240 e. The van der Waals surface area contributed by atoms with Crippen LogP contribution >= 0.6 is 0 Å². The number of nitrogens with one attached hydrogen (secondary N) is 2. The van der Waals surface area contributed by atoms with Gasteiger partial charge in [-0.05, 0) is 49.8 Å². The second kappa shape index (κ2) is 7.57. The summed E-state index contributed by atoms with van der Waals surface area (Å²) in [4.78, 5) is 2.02. The van der Waals surface area contributed by atoms with Crippen molar-refractivity contribution >= 4 is 10.0 Å². The molecule has 1 aromatic carbocycles. The zero-order valence-electron chi connectivity index (χ0n) is 14.0. The number of benzene rings is 1. The summed E-state index contributed by atoms with van der Waals surface area (Å²) < 4.78 is 27.5. The predicted molar refractivity (Wildman–Crippen MR) is 89.7 cm³/mol. The van der Waals surface area contributed by atoms with E-state index in [1.165, 1.54) is 25.9 Å². The van der Waals surface area contributed by atoms with E-state index in [4.69, 9.17) is 0 Å². The number of aryl methyl sites for hydroxylation is 2. The Labute approximate surface area is 135 Å². The summed E-state index contributed by atoms with van der Waals surface area (Å²) in [6.45, 7) is 10.1. The van der Waals surface area contributed by atoms with Gasteiger partial charge in [0, 0.05) is 13.0 Å². The van der Waals surface area contributed by atoms with Crippen molar-refractivity contribution in [1.29, 1.82) is 0 Å². The highest BCUT2D eigenvalue weighted by molar-refractivity contribution is 7.89. The quantitative estimate of drug-likeness (QED) is 0.774. The van der Waals surface area contributed by atoms with Crippen LogP contribution in [0.15, 0.2) is 23.1 Å². The summed E-state index contributed by atoms with van der Waals surface area (Å²) in [5.74, 6) is 0.853. The summed E-state index contributed by atoms with van der Waals surface area (Å²) in [6.07, 6.45) is 3.49. The van der Waals surface area contributed by atoms with E-state index in [1.54, 1.807) is 11.0 Å². The number of piperidine rings is 1. The third-order valence-electron chi connectivity index (χ3n) is 4.61. The molecule has 0 saturated carbocycles. The number of hydrogen-bond acceptors (Lipinski definition) is 2. The van der Waals surface area contributed by atoms with Gasteiger partial charge in [-0.2, -0.15) is 0 Å². The van der Waals surface area contributed by atoms with Crippen molar-refractivity contribution < 1.29 is 13.3 Å². The number of rotatable bonds is 6. The molecule has 0 radical (unpaired) electrons. The molecule has 0 spiro atoms. The molecule has 0 aliphatic carbocycles. The van der Waals surface area contributed by atoms with E-state index in [-0.39, 0.29) is 0 Å². The van der Waals surface area contributed by atoms with Crippen molar-refractivity contribution in [3.8, 4) is 0 Å². The van der Waals surface area contributed by atoms with Gasteiger partial charge in [0.05, 0.1) is 24.5 Å². The van der Waals surface area contributed by atoms with Crippen LogP contribution in [0.3, 0.4) is 0 Å². The van der Waals surface area contributed by atoms with Crippen LogP contribution in [0.1, 0.15) is 37.3 Å². The Morgan fingerprint density at radius 2 is 1.91 bits per heavy atom. The lowest BCUT2D eigenvalue weighted by Crippen LogP contribution is -3.13. The van der Waals surface area contributed by atoms with Gasteiger partial charge < -0.3 is 4.90 Å². The standard InChI is InChI=1S/C17H28N2O2S/c1-14-7-11-19(12-8-14)10-4-9-18-22(20,21)17-13-15(2)5-6-16(17)3/h5-6,13-14,18H,4,7-12H2,1-3H3/p+1. The molecule has 5 heteroatoms. The lowest BCUT2D eigenvalue weighted by Gasteiger charge is -2.27. The third-order valence-corrected chi connectivity index (χ3v) is 6.22. The average molecular weight is 325 g/mol. The van der Waals surface area contributed by atoms with E-state index in [1.807, 2.05) is 26.0 Å². The average Bonchev–Trinajstić information content (AvgIpc) is 2.48. The molecule has 1 aromatic rings.